The first-order chi connectivity index (χ1) is 14.3. The molecule has 170 valence electrons. The molecule has 3 rings (SSSR count). The molecule has 2 aromatic carbocycles. The summed E-state index contributed by atoms with van der Waals surface area (Å²) in [6, 6.07) is 6.73. The van der Waals surface area contributed by atoms with Crippen molar-refractivity contribution in [3.8, 4) is 0 Å². The summed E-state index contributed by atoms with van der Waals surface area (Å²) >= 11 is 0. The Bertz CT molecular complexity index is 1230. The van der Waals surface area contributed by atoms with Crippen molar-refractivity contribution in [2.45, 2.75) is 64.3 Å². The fraction of sp³-hybridized carbons (Fsp3) is 0.478. The van der Waals surface area contributed by atoms with Crippen LogP contribution in [0.15, 0.2) is 34.1 Å². The van der Waals surface area contributed by atoms with Gasteiger partial charge in [-0.3, -0.25) is 0 Å². The molecule has 0 N–H and O–H groups in total. The predicted molar refractivity (Wildman–Crippen MR) is 123 cm³/mol. The highest BCUT2D eigenvalue weighted by Gasteiger charge is 2.39. The Balaban J connectivity index is 1.90. The predicted octanol–water partition coefficient (Wildman–Crippen LogP) is 3.62. The summed E-state index contributed by atoms with van der Waals surface area (Å²) in [6.45, 7) is 13.4. The quantitative estimate of drug-likeness (QED) is 0.693. The number of benzene rings is 2. The minimum Gasteiger partial charge on any atom is -0.207 e. The van der Waals surface area contributed by atoms with Crippen molar-refractivity contribution in [3.63, 3.8) is 0 Å². The van der Waals surface area contributed by atoms with E-state index in [1.54, 1.807) is 32.9 Å². The van der Waals surface area contributed by atoms with Gasteiger partial charge >= 0.3 is 0 Å². The zero-order valence-electron chi connectivity index (χ0n) is 19.4. The first kappa shape index (κ1) is 23.9. The average molecular weight is 465 g/mol. The van der Waals surface area contributed by atoms with Crippen LogP contribution in [0.3, 0.4) is 0 Å². The molecule has 0 amide bonds. The lowest BCUT2D eigenvalue weighted by atomic mass is 10.1. The van der Waals surface area contributed by atoms with Gasteiger partial charge in [0, 0.05) is 25.7 Å². The summed E-state index contributed by atoms with van der Waals surface area (Å²) in [6.07, 6.45) is 0. The monoisotopic (exact) mass is 464 g/mol. The molecule has 0 aromatic heterocycles. The summed E-state index contributed by atoms with van der Waals surface area (Å²) in [5.74, 6) is 0. The van der Waals surface area contributed by atoms with Crippen molar-refractivity contribution in [2.24, 2.45) is 0 Å². The van der Waals surface area contributed by atoms with Crippen LogP contribution in [0.25, 0.3) is 0 Å². The van der Waals surface area contributed by atoms with Crippen LogP contribution in [-0.2, 0) is 20.0 Å². The third kappa shape index (κ3) is 4.31. The molecule has 0 bridgehead atoms. The van der Waals surface area contributed by atoms with E-state index in [0.717, 1.165) is 22.3 Å². The van der Waals surface area contributed by atoms with Crippen molar-refractivity contribution in [3.05, 3.63) is 57.6 Å². The van der Waals surface area contributed by atoms with E-state index in [-0.39, 0.29) is 19.6 Å². The van der Waals surface area contributed by atoms with Crippen molar-refractivity contribution < 1.29 is 16.8 Å². The molecule has 0 aliphatic carbocycles. The number of sulfonamides is 2. The lowest BCUT2D eigenvalue weighted by Crippen LogP contribution is -2.55. The fourth-order valence-corrected chi connectivity index (χ4v) is 7.88. The van der Waals surface area contributed by atoms with E-state index in [2.05, 4.69) is 0 Å². The van der Waals surface area contributed by atoms with E-state index in [0.29, 0.717) is 20.9 Å². The van der Waals surface area contributed by atoms with Crippen LogP contribution >= 0.6 is 0 Å². The largest absolute Gasteiger partial charge is 0.243 e. The van der Waals surface area contributed by atoms with Crippen LogP contribution < -0.4 is 0 Å². The van der Waals surface area contributed by atoms with Gasteiger partial charge in [-0.1, -0.05) is 12.1 Å². The number of hydrogen-bond donors (Lipinski definition) is 0. The molecule has 1 fully saturated rings. The first-order valence-corrected chi connectivity index (χ1v) is 13.3. The zero-order valence-corrected chi connectivity index (χ0v) is 21.0. The van der Waals surface area contributed by atoms with E-state index in [1.165, 1.54) is 8.61 Å². The van der Waals surface area contributed by atoms with Gasteiger partial charge in [0.05, 0.1) is 9.79 Å². The second kappa shape index (κ2) is 8.31. The highest BCUT2D eigenvalue weighted by Crippen LogP contribution is 2.29. The van der Waals surface area contributed by atoms with Gasteiger partial charge in [-0.05, 0) is 94.0 Å². The number of piperazine rings is 1. The van der Waals surface area contributed by atoms with Crippen LogP contribution in [0.1, 0.15) is 40.3 Å². The molecule has 1 saturated heterocycles. The van der Waals surface area contributed by atoms with E-state index in [1.807, 2.05) is 39.8 Å². The van der Waals surface area contributed by atoms with Gasteiger partial charge in [0.2, 0.25) is 20.0 Å². The van der Waals surface area contributed by atoms with Crippen molar-refractivity contribution in [1.82, 2.24) is 8.61 Å². The number of aryl methyl sites for hydroxylation is 6. The van der Waals surface area contributed by atoms with Gasteiger partial charge < -0.3 is 0 Å². The lowest BCUT2D eigenvalue weighted by molar-refractivity contribution is 0.212. The number of hydrogen-bond acceptors (Lipinski definition) is 4. The first-order valence-electron chi connectivity index (χ1n) is 10.4. The maximum atomic E-state index is 13.4. The Kier molecular flexibility index (Phi) is 6.41. The van der Waals surface area contributed by atoms with Crippen LogP contribution in [0.5, 0.6) is 0 Å². The number of rotatable bonds is 4. The summed E-state index contributed by atoms with van der Waals surface area (Å²) in [4.78, 5) is 0.591. The van der Waals surface area contributed by atoms with Crippen molar-refractivity contribution in [1.29, 1.82) is 0 Å². The van der Waals surface area contributed by atoms with Crippen molar-refractivity contribution in [2.75, 3.05) is 19.6 Å². The molecule has 1 aliphatic heterocycles. The highest BCUT2D eigenvalue weighted by atomic mass is 32.2. The van der Waals surface area contributed by atoms with Crippen LogP contribution in [0, 0.1) is 41.5 Å². The standard InChI is InChI=1S/C23H32N2O4S2/c1-15-10-19(5)22(12-17(15)3)30(26,27)24-8-9-25(21(7)14-24)31(28,29)23-13-18(4)16(2)11-20(23)6/h10-13,21H,8-9,14H2,1-7H3/t21-/m1/s1. The molecule has 0 unspecified atom stereocenters. The van der Waals surface area contributed by atoms with Crippen LogP contribution in [0.4, 0.5) is 0 Å². The maximum Gasteiger partial charge on any atom is 0.243 e. The lowest BCUT2D eigenvalue weighted by Gasteiger charge is -2.38. The Morgan fingerprint density at radius 3 is 1.52 bits per heavy atom. The van der Waals surface area contributed by atoms with Gasteiger partial charge in [0.15, 0.2) is 0 Å². The van der Waals surface area contributed by atoms with Crippen molar-refractivity contribution >= 4 is 20.0 Å². The number of nitrogens with zero attached hydrogens (tertiary/aromatic N) is 2. The fourth-order valence-electron chi connectivity index (χ4n) is 4.17. The molecule has 0 saturated carbocycles. The van der Waals surface area contributed by atoms with Gasteiger partial charge in [0.25, 0.3) is 0 Å². The molecule has 0 spiro atoms. The SMILES string of the molecule is Cc1cc(C)c(S(=O)(=O)N2CCN(S(=O)(=O)c3cc(C)c(C)cc3C)[C@H](C)C2)cc1C. The summed E-state index contributed by atoms with van der Waals surface area (Å²) < 4.78 is 56.3. The minimum absolute atomic E-state index is 0.123. The maximum absolute atomic E-state index is 13.4. The molecule has 31 heavy (non-hydrogen) atoms. The Morgan fingerprint density at radius 1 is 0.645 bits per heavy atom. The van der Waals surface area contributed by atoms with Crippen LogP contribution in [0.2, 0.25) is 0 Å². The molecular formula is C23H32N2O4S2. The Hall–Kier alpha value is -1.74. The van der Waals surface area contributed by atoms with E-state index in [9.17, 15) is 16.8 Å². The van der Waals surface area contributed by atoms with E-state index < -0.39 is 26.1 Å². The molecule has 2 aromatic rings. The smallest absolute Gasteiger partial charge is 0.207 e. The van der Waals surface area contributed by atoms with Gasteiger partial charge in [-0.25, -0.2) is 16.8 Å². The van der Waals surface area contributed by atoms with Gasteiger partial charge in [-0.2, -0.15) is 8.61 Å². The molecule has 1 atom stereocenters. The zero-order chi connectivity index (χ0) is 23.3. The summed E-state index contributed by atoms with van der Waals surface area (Å²) in [5.41, 5.74) is 5.34. The topological polar surface area (TPSA) is 74.8 Å². The summed E-state index contributed by atoms with van der Waals surface area (Å²) in [5, 5.41) is 0. The molecule has 0 radical (unpaired) electrons. The second-order valence-electron chi connectivity index (χ2n) is 8.73. The molecule has 1 aliphatic rings. The van der Waals surface area contributed by atoms with Crippen LogP contribution in [-0.4, -0.2) is 51.1 Å². The minimum atomic E-state index is -3.72. The third-order valence-electron chi connectivity index (χ3n) is 6.32. The second-order valence-corrected chi connectivity index (χ2v) is 12.5. The molecule has 8 heteroatoms. The molecule has 1 heterocycles. The van der Waals surface area contributed by atoms with E-state index >= 15 is 0 Å². The third-order valence-corrected chi connectivity index (χ3v) is 10.5. The molecule has 6 nitrogen and oxygen atoms in total. The molecular weight excluding hydrogens is 432 g/mol. The Labute approximate surface area is 187 Å². The summed E-state index contributed by atoms with van der Waals surface area (Å²) in [7, 11) is -7.43. The highest BCUT2D eigenvalue weighted by molar-refractivity contribution is 7.89. The Morgan fingerprint density at radius 2 is 1.06 bits per heavy atom. The van der Waals surface area contributed by atoms with E-state index in [4.69, 9.17) is 0 Å². The normalized spacial score (nSPS) is 19.0. The van der Waals surface area contributed by atoms with Gasteiger partial charge in [-0.15, -0.1) is 0 Å². The average Bonchev–Trinajstić information content (AvgIpc) is 2.66. The van der Waals surface area contributed by atoms with Gasteiger partial charge in [0.1, 0.15) is 0 Å².